The number of piperazine rings is 1. The fourth-order valence-corrected chi connectivity index (χ4v) is 3.64. The smallest absolute Gasteiger partial charge is 0.123 e. The maximum atomic E-state index is 4.70. The fraction of sp³-hybridized carbons (Fsp3) is 0.842. The first kappa shape index (κ1) is 18.5. The lowest BCUT2D eigenvalue weighted by Crippen LogP contribution is -2.49. The van der Waals surface area contributed by atoms with Gasteiger partial charge in [0.05, 0.1) is 6.54 Å². The van der Waals surface area contributed by atoms with E-state index in [-0.39, 0.29) is 0 Å². The van der Waals surface area contributed by atoms with Gasteiger partial charge in [-0.1, -0.05) is 27.7 Å². The average Bonchev–Trinajstić information content (AvgIpc) is 2.98. The topological polar surface area (TPSA) is 24.3 Å². The van der Waals surface area contributed by atoms with Crippen LogP contribution in [0.25, 0.3) is 0 Å². The van der Waals surface area contributed by atoms with Crippen LogP contribution in [0, 0.1) is 5.92 Å². The normalized spacial score (nSPS) is 23.8. The van der Waals surface area contributed by atoms with Crippen molar-refractivity contribution in [2.45, 2.75) is 73.0 Å². The maximum Gasteiger partial charge on any atom is 0.123 e. The summed E-state index contributed by atoms with van der Waals surface area (Å²) in [5, 5.41) is 0. The summed E-state index contributed by atoms with van der Waals surface area (Å²) in [4.78, 5) is 9.90. The SMILES string of the molecule is CC.CCC(C)N1CCN(Cc2ncc3n2CCC(C)C3)CC1. The summed E-state index contributed by atoms with van der Waals surface area (Å²) in [5.41, 5.74) is 1.45. The summed E-state index contributed by atoms with van der Waals surface area (Å²) in [7, 11) is 0. The predicted molar refractivity (Wildman–Crippen MR) is 97.7 cm³/mol. The van der Waals surface area contributed by atoms with Crippen molar-refractivity contribution in [1.29, 1.82) is 0 Å². The molecule has 0 bridgehead atoms. The Bertz CT molecular complexity index is 460. The highest BCUT2D eigenvalue weighted by molar-refractivity contribution is 5.09. The third-order valence-corrected chi connectivity index (χ3v) is 5.41. The van der Waals surface area contributed by atoms with E-state index >= 15 is 0 Å². The Morgan fingerprint density at radius 2 is 1.87 bits per heavy atom. The summed E-state index contributed by atoms with van der Waals surface area (Å²) >= 11 is 0. The van der Waals surface area contributed by atoms with E-state index < -0.39 is 0 Å². The van der Waals surface area contributed by atoms with Gasteiger partial charge in [0.25, 0.3) is 0 Å². The van der Waals surface area contributed by atoms with Crippen molar-refractivity contribution in [2.24, 2.45) is 5.92 Å². The zero-order valence-corrected chi connectivity index (χ0v) is 15.9. The molecular weight excluding hydrogens is 284 g/mol. The molecule has 0 amide bonds. The van der Waals surface area contributed by atoms with Gasteiger partial charge in [-0.3, -0.25) is 9.80 Å². The molecule has 3 rings (SSSR count). The summed E-state index contributed by atoms with van der Waals surface area (Å²) in [6.07, 6.45) is 5.87. The number of hydrogen-bond donors (Lipinski definition) is 0. The number of hydrogen-bond acceptors (Lipinski definition) is 3. The van der Waals surface area contributed by atoms with E-state index in [9.17, 15) is 0 Å². The molecule has 2 unspecified atom stereocenters. The van der Waals surface area contributed by atoms with Gasteiger partial charge in [0.15, 0.2) is 0 Å². The molecule has 1 fully saturated rings. The molecule has 132 valence electrons. The summed E-state index contributed by atoms with van der Waals surface area (Å²) in [6.45, 7) is 18.0. The van der Waals surface area contributed by atoms with Crippen molar-refractivity contribution >= 4 is 0 Å². The van der Waals surface area contributed by atoms with Gasteiger partial charge in [-0.2, -0.15) is 0 Å². The van der Waals surface area contributed by atoms with Gasteiger partial charge in [0.2, 0.25) is 0 Å². The molecule has 2 aliphatic rings. The maximum absolute atomic E-state index is 4.70. The molecule has 4 nitrogen and oxygen atoms in total. The minimum Gasteiger partial charge on any atom is -0.331 e. The number of fused-ring (bicyclic) bond motifs is 1. The first-order valence-electron chi connectivity index (χ1n) is 9.67. The monoisotopic (exact) mass is 320 g/mol. The molecule has 0 N–H and O–H groups in total. The van der Waals surface area contributed by atoms with E-state index in [0.29, 0.717) is 0 Å². The second-order valence-corrected chi connectivity index (χ2v) is 6.98. The zero-order chi connectivity index (χ0) is 16.8. The molecule has 23 heavy (non-hydrogen) atoms. The Hall–Kier alpha value is -0.870. The van der Waals surface area contributed by atoms with Crippen LogP contribution in [0.15, 0.2) is 6.20 Å². The molecule has 1 saturated heterocycles. The van der Waals surface area contributed by atoms with E-state index in [1.807, 2.05) is 13.8 Å². The number of imidazole rings is 1. The summed E-state index contributed by atoms with van der Waals surface area (Å²) in [6, 6.07) is 0.729. The highest BCUT2D eigenvalue weighted by Crippen LogP contribution is 2.22. The largest absolute Gasteiger partial charge is 0.331 e. The number of aromatic nitrogens is 2. The van der Waals surface area contributed by atoms with Crippen molar-refractivity contribution in [3.05, 3.63) is 17.7 Å². The lowest BCUT2D eigenvalue weighted by molar-refractivity contribution is 0.0937. The molecule has 2 atom stereocenters. The van der Waals surface area contributed by atoms with Crippen molar-refractivity contribution in [2.75, 3.05) is 26.2 Å². The molecule has 0 saturated carbocycles. The molecule has 1 aromatic heterocycles. The lowest BCUT2D eigenvalue weighted by atomic mass is 9.99. The molecule has 1 aromatic rings. The van der Waals surface area contributed by atoms with Gasteiger partial charge >= 0.3 is 0 Å². The molecule has 0 spiro atoms. The number of nitrogens with zero attached hydrogens (tertiary/aromatic N) is 4. The van der Waals surface area contributed by atoms with Crippen LogP contribution >= 0.6 is 0 Å². The Balaban J connectivity index is 0.000000924. The molecule has 0 aliphatic carbocycles. The zero-order valence-electron chi connectivity index (χ0n) is 15.9. The average molecular weight is 321 g/mol. The highest BCUT2D eigenvalue weighted by atomic mass is 15.3. The van der Waals surface area contributed by atoms with Crippen molar-refractivity contribution in [3.63, 3.8) is 0 Å². The van der Waals surface area contributed by atoms with Crippen LogP contribution in [0.3, 0.4) is 0 Å². The van der Waals surface area contributed by atoms with E-state index in [4.69, 9.17) is 4.98 Å². The molecule has 4 heteroatoms. The van der Waals surface area contributed by atoms with Gasteiger partial charge < -0.3 is 4.57 Å². The van der Waals surface area contributed by atoms with Crippen LogP contribution in [-0.2, 0) is 19.5 Å². The van der Waals surface area contributed by atoms with Crippen molar-refractivity contribution in [3.8, 4) is 0 Å². The van der Waals surface area contributed by atoms with Crippen molar-refractivity contribution < 1.29 is 0 Å². The van der Waals surface area contributed by atoms with Crippen molar-refractivity contribution in [1.82, 2.24) is 19.4 Å². The van der Waals surface area contributed by atoms with Crippen LogP contribution in [0.5, 0.6) is 0 Å². The van der Waals surface area contributed by atoms with Gasteiger partial charge in [0.1, 0.15) is 5.82 Å². The second-order valence-electron chi connectivity index (χ2n) is 6.98. The Morgan fingerprint density at radius 1 is 1.17 bits per heavy atom. The van der Waals surface area contributed by atoms with E-state index in [1.165, 1.54) is 63.5 Å². The Morgan fingerprint density at radius 3 is 2.52 bits per heavy atom. The van der Waals surface area contributed by atoms with Crippen LogP contribution in [0.1, 0.15) is 59.0 Å². The second kappa shape index (κ2) is 8.84. The van der Waals surface area contributed by atoms with Gasteiger partial charge in [-0.15, -0.1) is 0 Å². The lowest BCUT2D eigenvalue weighted by Gasteiger charge is -2.37. The standard InChI is InChI=1S/C17H30N4.C2H6/c1-4-15(3)20-9-7-19(8-10-20)13-17-18-12-16-11-14(2)5-6-21(16)17;1-2/h12,14-15H,4-11,13H2,1-3H3;1-2H3. The quantitative estimate of drug-likeness (QED) is 0.850. The third kappa shape index (κ3) is 4.57. The van der Waals surface area contributed by atoms with Crippen LogP contribution in [0.4, 0.5) is 0 Å². The van der Waals surface area contributed by atoms with E-state index in [2.05, 4.69) is 41.3 Å². The van der Waals surface area contributed by atoms with Gasteiger partial charge in [0, 0.05) is 50.7 Å². The van der Waals surface area contributed by atoms with Gasteiger partial charge in [-0.05, 0) is 32.1 Å². The minimum absolute atomic E-state index is 0.729. The van der Waals surface area contributed by atoms with Crippen LogP contribution in [-0.4, -0.2) is 51.6 Å². The predicted octanol–water partition coefficient (Wildman–Crippen LogP) is 3.41. The number of rotatable bonds is 4. The summed E-state index contributed by atoms with van der Waals surface area (Å²) in [5.74, 6) is 2.11. The minimum atomic E-state index is 0.729. The van der Waals surface area contributed by atoms with Gasteiger partial charge in [-0.25, -0.2) is 4.98 Å². The molecular formula is C19H36N4. The fourth-order valence-electron chi connectivity index (χ4n) is 3.64. The molecule has 3 heterocycles. The molecule has 0 aromatic carbocycles. The van der Waals surface area contributed by atoms with Crippen LogP contribution in [0.2, 0.25) is 0 Å². The van der Waals surface area contributed by atoms with E-state index in [0.717, 1.165) is 18.5 Å². The first-order valence-corrected chi connectivity index (χ1v) is 9.67. The molecule has 0 radical (unpaired) electrons. The van der Waals surface area contributed by atoms with E-state index in [1.54, 1.807) is 0 Å². The Labute approximate surface area is 142 Å². The molecule has 2 aliphatic heterocycles. The Kier molecular flexibility index (Phi) is 7.09. The highest BCUT2D eigenvalue weighted by Gasteiger charge is 2.23. The van der Waals surface area contributed by atoms with Crippen LogP contribution < -0.4 is 0 Å². The first-order chi connectivity index (χ1) is 11.2. The summed E-state index contributed by atoms with van der Waals surface area (Å²) < 4.78 is 2.47. The third-order valence-electron chi connectivity index (χ3n) is 5.41.